The topological polar surface area (TPSA) is 17.1 Å². The van der Waals surface area contributed by atoms with Gasteiger partial charge in [0.15, 0.2) is 0 Å². The van der Waals surface area contributed by atoms with Crippen LogP contribution in [0.4, 0.5) is 0 Å². The van der Waals surface area contributed by atoms with Gasteiger partial charge in [0.05, 0.1) is 5.75 Å². The molecule has 0 aliphatic rings. The van der Waals surface area contributed by atoms with Gasteiger partial charge in [-0.05, 0) is 12.7 Å². The van der Waals surface area contributed by atoms with Gasteiger partial charge in [0.25, 0.3) is 0 Å². The Morgan fingerprint density at radius 1 is 0.875 bits per heavy atom. The SMILES string of the molecule is CCCCCCCCCCCC(=O)CSC. The maximum atomic E-state index is 11.2. The van der Waals surface area contributed by atoms with Crippen LogP contribution in [0.5, 0.6) is 0 Å². The molecule has 0 amide bonds. The molecule has 0 radical (unpaired) electrons. The molecular formula is C14H28OS. The Morgan fingerprint density at radius 2 is 1.38 bits per heavy atom. The molecule has 0 unspecified atom stereocenters. The molecule has 0 atom stereocenters. The van der Waals surface area contributed by atoms with Gasteiger partial charge >= 0.3 is 0 Å². The minimum absolute atomic E-state index is 0.426. The van der Waals surface area contributed by atoms with Crippen molar-refractivity contribution in [3.8, 4) is 0 Å². The highest BCUT2D eigenvalue weighted by molar-refractivity contribution is 7.99. The third-order valence-corrected chi connectivity index (χ3v) is 3.48. The van der Waals surface area contributed by atoms with Crippen LogP contribution >= 0.6 is 11.8 Å². The fraction of sp³-hybridized carbons (Fsp3) is 0.929. The standard InChI is InChI=1S/C14H28OS/c1-3-4-5-6-7-8-9-10-11-12-14(15)13-16-2/h3-13H2,1-2H3. The molecule has 0 aromatic heterocycles. The summed E-state index contributed by atoms with van der Waals surface area (Å²) in [6, 6.07) is 0. The average Bonchev–Trinajstić information content (AvgIpc) is 2.27. The zero-order valence-corrected chi connectivity index (χ0v) is 11.9. The van der Waals surface area contributed by atoms with Crippen LogP contribution in [0.15, 0.2) is 0 Å². The summed E-state index contributed by atoms with van der Waals surface area (Å²) in [7, 11) is 0. The van der Waals surface area contributed by atoms with Gasteiger partial charge in [0.2, 0.25) is 0 Å². The molecule has 0 saturated carbocycles. The van der Waals surface area contributed by atoms with Gasteiger partial charge in [-0.25, -0.2) is 0 Å². The molecule has 1 nitrogen and oxygen atoms in total. The van der Waals surface area contributed by atoms with Crippen LogP contribution in [0.25, 0.3) is 0 Å². The second kappa shape index (κ2) is 13.1. The van der Waals surface area contributed by atoms with Gasteiger partial charge in [-0.2, -0.15) is 11.8 Å². The molecule has 0 bridgehead atoms. The molecule has 0 spiro atoms. The van der Waals surface area contributed by atoms with E-state index >= 15 is 0 Å². The van der Waals surface area contributed by atoms with Crippen molar-refractivity contribution in [3.63, 3.8) is 0 Å². The van der Waals surface area contributed by atoms with Gasteiger partial charge in [-0.1, -0.05) is 58.3 Å². The monoisotopic (exact) mass is 244 g/mol. The molecule has 0 aliphatic heterocycles. The van der Waals surface area contributed by atoms with Crippen molar-refractivity contribution < 1.29 is 4.79 Å². The predicted molar refractivity (Wildman–Crippen MR) is 75.2 cm³/mol. The summed E-state index contributed by atoms with van der Waals surface area (Å²) in [6.07, 6.45) is 14.7. The highest BCUT2D eigenvalue weighted by atomic mass is 32.2. The first-order chi connectivity index (χ1) is 7.81. The van der Waals surface area contributed by atoms with Gasteiger partial charge in [0, 0.05) is 6.42 Å². The first-order valence-electron chi connectivity index (χ1n) is 6.82. The van der Waals surface area contributed by atoms with Crippen molar-refractivity contribution >= 4 is 17.5 Å². The summed E-state index contributed by atoms with van der Waals surface area (Å²) in [5, 5.41) is 0. The van der Waals surface area contributed by atoms with E-state index in [1.165, 1.54) is 51.4 Å². The first-order valence-corrected chi connectivity index (χ1v) is 8.21. The number of ketones is 1. The largest absolute Gasteiger partial charge is 0.299 e. The number of carbonyl (C=O) groups is 1. The fourth-order valence-corrected chi connectivity index (χ4v) is 2.33. The van der Waals surface area contributed by atoms with E-state index in [9.17, 15) is 4.79 Å². The number of carbonyl (C=O) groups excluding carboxylic acids is 1. The number of Topliss-reactive ketones (excluding diaryl/α,β-unsaturated/α-hetero) is 1. The lowest BCUT2D eigenvalue weighted by atomic mass is 10.1. The van der Waals surface area contributed by atoms with Crippen LogP contribution in [0.1, 0.15) is 71.1 Å². The zero-order chi connectivity index (χ0) is 12.1. The maximum absolute atomic E-state index is 11.2. The highest BCUT2D eigenvalue weighted by Gasteiger charge is 1.99. The summed E-state index contributed by atoms with van der Waals surface area (Å²) in [5.74, 6) is 1.13. The Labute approximate surface area is 106 Å². The van der Waals surface area contributed by atoms with E-state index < -0.39 is 0 Å². The highest BCUT2D eigenvalue weighted by Crippen LogP contribution is 2.11. The summed E-state index contributed by atoms with van der Waals surface area (Å²) < 4.78 is 0. The van der Waals surface area contributed by atoms with E-state index in [1.54, 1.807) is 11.8 Å². The molecule has 0 N–H and O–H groups in total. The molecular weight excluding hydrogens is 216 g/mol. The Kier molecular flexibility index (Phi) is 13.1. The molecule has 0 fully saturated rings. The molecule has 0 rings (SSSR count). The third kappa shape index (κ3) is 12.1. The van der Waals surface area contributed by atoms with Crippen molar-refractivity contribution in [1.29, 1.82) is 0 Å². The average molecular weight is 244 g/mol. The number of thioether (sulfide) groups is 1. The van der Waals surface area contributed by atoms with Crippen molar-refractivity contribution in [2.75, 3.05) is 12.0 Å². The van der Waals surface area contributed by atoms with Crippen LogP contribution in [0.3, 0.4) is 0 Å². The van der Waals surface area contributed by atoms with E-state index in [1.807, 2.05) is 6.26 Å². The van der Waals surface area contributed by atoms with E-state index in [4.69, 9.17) is 0 Å². The second-order valence-electron chi connectivity index (χ2n) is 4.55. The third-order valence-electron chi connectivity index (χ3n) is 2.86. The van der Waals surface area contributed by atoms with Crippen molar-refractivity contribution in [3.05, 3.63) is 0 Å². The zero-order valence-electron chi connectivity index (χ0n) is 11.1. The van der Waals surface area contributed by atoms with E-state index in [2.05, 4.69) is 6.92 Å². The summed E-state index contributed by atoms with van der Waals surface area (Å²) in [5.41, 5.74) is 0. The Bertz CT molecular complexity index is 157. The maximum Gasteiger partial charge on any atom is 0.142 e. The minimum Gasteiger partial charge on any atom is -0.299 e. The molecule has 96 valence electrons. The molecule has 2 heteroatoms. The van der Waals surface area contributed by atoms with Crippen molar-refractivity contribution in [2.24, 2.45) is 0 Å². The van der Waals surface area contributed by atoms with Gasteiger partial charge < -0.3 is 0 Å². The minimum atomic E-state index is 0.426. The van der Waals surface area contributed by atoms with Crippen LogP contribution in [-0.2, 0) is 4.79 Å². The van der Waals surface area contributed by atoms with Gasteiger partial charge in [0.1, 0.15) is 5.78 Å². The molecule has 0 saturated heterocycles. The molecule has 0 aromatic rings. The summed E-state index contributed by atoms with van der Waals surface area (Å²) >= 11 is 1.64. The van der Waals surface area contributed by atoms with E-state index in [-0.39, 0.29) is 0 Å². The Balaban J connectivity index is 3.01. The first kappa shape index (κ1) is 16.0. The summed E-state index contributed by atoms with van der Waals surface area (Å²) in [4.78, 5) is 11.2. The predicted octanol–water partition coefficient (Wildman–Crippen LogP) is 4.84. The van der Waals surface area contributed by atoms with Crippen LogP contribution in [0, 0.1) is 0 Å². The number of unbranched alkanes of at least 4 members (excludes halogenated alkanes) is 8. The fourth-order valence-electron chi connectivity index (χ4n) is 1.87. The Hall–Kier alpha value is 0.0200. The van der Waals surface area contributed by atoms with Gasteiger partial charge in [-0.15, -0.1) is 0 Å². The quantitative estimate of drug-likeness (QED) is 0.457. The van der Waals surface area contributed by atoms with E-state index in [0.29, 0.717) is 11.5 Å². The Morgan fingerprint density at radius 3 is 1.88 bits per heavy atom. The molecule has 0 aromatic carbocycles. The van der Waals surface area contributed by atoms with Crippen LogP contribution in [-0.4, -0.2) is 17.8 Å². The van der Waals surface area contributed by atoms with Crippen molar-refractivity contribution in [2.45, 2.75) is 71.1 Å². The molecule has 0 heterocycles. The van der Waals surface area contributed by atoms with Gasteiger partial charge in [-0.3, -0.25) is 4.79 Å². The summed E-state index contributed by atoms with van der Waals surface area (Å²) in [6.45, 7) is 2.26. The second-order valence-corrected chi connectivity index (χ2v) is 5.42. The molecule has 16 heavy (non-hydrogen) atoms. The van der Waals surface area contributed by atoms with Crippen LogP contribution < -0.4 is 0 Å². The lowest BCUT2D eigenvalue weighted by Crippen LogP contribution is -2.00. The van der Waals surface area contributed by atoms with Crippen LogP contribution in [0.2, 0.25) is 0 Å². The lowest BCUT2D eigenvalue weighted by molar-refractivity contribution is -0.116. The van der Waals surface area contributed by atoms with E-state index in [0.717, 1.165) is 12.8 Å². The number of hydrogen-bond donors (Lipinski definition) is 0. The number of hydrogen-bond acceptors (Lipinski definition) is 2. The number of rotatable bonds is 12. The normalized spacial score (nSPS) is 10.6. The lowest BCUT2D eigenvalue weighted by Gasteiger charge is -2.01. The van der Waals surface area contributed by atoms with Crippen molar-refractivity contribution in [1.82, 2.24) is 0 Å². The molecule has 0 aliphatic carbocycles. The smallest absolute Gasteiger partial charge is 0.142 e.